The summed E-state index contributed by atoms with van der Waals surface area (Å²) in [4.78, 5) is 2.25. The Bertz CT molecular complexity index is 472. The number of hydrogen-bond donors (Lipinski definition) is 1. The van der Waals surface area contributed by atoms with Gasteiger partial charge in [0.25, 0.3) is 0 Å². The van der Waals surface area contributed by atoms with Gasteiger partial charge in [0.2, 0.25) is 0 Å². The van der Waals surface area contributed by atoms with Gasteiger partial charge in [0, 0.05) is 25.2 Å². The first-order chi connectivity index (χ1) is 10.0. The lowest BCUT2D eigenvalue weighted by Gasteiger charge is -2.47. The quantitative estimate of drug-likeness (QED) is 0.902. The van der Waals surface area contributed by atoms with Crippen molar-refractivity contribution in [2.75, 3.05) is 26.2 Å². The van der Waals surface area contributed by atoms with Crippen LogP contribution in [-0.2, 0) is 15.3 Å². The summed E-state index contributed by atoms with van der Waals surface area (Å²) in [5.41, 5.74) is 0.579. The predicted molar refractivity (Wildman–Crippen MR) is 80.9 cm³/mol. The van der Waals surface area contributed by atoms with E-state index < -0.39 is 11.4 Å². The van der Waals surface area contributed by atoms with E-state index in [9.17, 15) is 5.11 Å². The minimum atomic E-state index is -0.642. The van der Waals surface area contributed by atoms with E-state index in [1.807, 2.05) is 37.3 Å². The molecule has 0 aromatic heterocycles. The van der Waals surface area contributed by atoms with Crippen molar-refractivity contribution in [2.45, 2.75) is 44.2 Å². The molecule has 21 heavy (non-hydrogen) atoms. The van der Waals surface area contributed by atoms with E-state index in [1.54, 1.807) is 0 Å². The molecule has 2 aliphatic rings. The van der Waals surface area contributed by atoms with Gasteiger partial charge in [0.05, 0.1) is 18.3 Å². The number of nitrogens with zero attached hydrogens (tertiary/aromatic N) is 1. The normalized spacial score (nSPS) is 32.0. The van der Waals surface area contributed by atoms with Crippen molar-refractivity contribution in [1.29, 1.82) is 0 Å². The lowest BCUT2D eigenvalue weighted by atomic mass is 9.89. The van der Waals surface area contributed by atoms with Crippen LogP contribution in [0.4, 0.5) is 0 Å². The Labute approximate surface area is 126 Å². The summed E-state index contributed by atoms with van der Waals surface area (Å²) >= 11 is 0. The first-order valence-electron chi connectivity index (χ1n) is 7.85. The van der Waals surface area contributed by atoms with E-state index in [2.05, 4.69) is 11.8 Å². The van der Waals surface area contributed by atoms with E-state index >= 15 is 0 Å². The van der Waals surface area contributed by atoms with Crippen LogP contribution in [0.5, 0.6) is 0 Å². The Morgan fingerprint density at radius 2 is 2.00 bits per heavy atom. The largest absolute Gasteiger partial charge is 0.387 e. The Kier molecular flexibility index (Phi) is 4.06. The van der Waals surface area contributed by atoms with Crippen LogP contribution >= 0.6 is 0 Å². The van der Waals surface area contributed by atoms with Crippen LogP contribution in [0.2, 0.25) is 0 Å². The molecule has 2 heterocycles. The van der Waals surface area contributed by atoms with Crippen molar-refractivity contribution in [2.24, 2.45) is 0 Å². The number of benzene rings is 1. The molecule has 1 N–H and O–H groups in total. The average molecular weight is 291 g/mol. The van der Waals surface area contributed by atoms with Crippen molar-refractivity contribution >= 4 is 0 Å². The van der Waals surface area contributed by atoms with Gasteiger partial charge in [0.1, 0.15) is 0 Å². The molecule has 2 aliphatic heterocycles. The monoisotopic (exact) mass is 291 g/mol. The van der Waals surface area contributed by atoms with Gasteiger partial charge in [0.15, 0.2) is 5.79 Å². The average Bonchev–Trinajstić information content (AvgIpc) is 2.81. The Balaban J connectivity index is 1.52. The third-order valence-corrected chi connectivity index (χ3v) is 4.45. The van der Waals surface area contributed by atoms with Crippen LogP contribution in [0.1, 0.15) is 32.3 Å². The van der Waals surface area contributed by atoms with Gasteiger partial charge < -0.3 is 14.6 Å². The van der Waals surface area contributed by atoms with Crippen molar-refractivity contribution < 1.29 is 14.6 Å². The molecule has 0 bridgehead atoms. The summed E-state index contributed by atoms with van der Waals surface area (Å²) in [6, 6.07) is 10.1. The van der Waals surface area contributed by atoms with Gasteiger partial charge in [-0.25, -0.2) is 0 Å². The van der Waals surface area contributed by atoms with E-state index in [0.717, 1.165) is 38.0 Å². The van der Waals surface area contributed by atoms with Gasteiger partial charge in [-0.15, -0.1) is 0 Å². The van der Waals surface area contributed by atoms with Crippen molar-refractivity contribution in [3.8, 4) is 0 Å². The first kappa shape index (κ1) is 15.0. The van der Waals surface area contributed by atoms with Crippen LogP contribution in [0.25, 0.3) is 0 Å². The van der Waals surface area contributed by atoms with Crippen LogP contribution in [0.15, 0.2) is 30.3 Å². The smallest absolute Gasteiger partial charge is 0.192 e. The van der Waals surface area contributed by atoms with E-state index in [-0.39, 0.29) is 6.10 Å². The second-order valence-corrected chi connectivity index (χ2v) is 6.51. The molecule has 0 saturated carbocycles. The maximum absolute atomic E-state index is 10.2. The summed E-state index contributed by atoms with van der Waals surface area (Å²) in [5, 5.41) is 10.2. The molecule has 2 saturated heterocycles. The van der Waals surface area contributed by atoms with E-state index in [1.165, 1.54) is 0 Å². The molecule has 0 spiro atoms. The van der Waals surface area contributed by atoms with Crippen LogP contribution in [0.3, 0.4) is 0 Å². The number of aliphatic hydroxyl groups is 1. The number of likely N-dealkylation sites (tertiary alicyclic amines) is 1. The summed E-state index contributed by atoms with van der Waals surface area (Å²) in [7, 11) is 0. The van der Waals surface area contributed by atoms with Crippen LogP contribution < -0.4 is 0 Å². The highest BCUT2D eigenvalue weighted by molar-refractivity contribution is 5.20. The summed E-state index contributed by atoms with van der Waals surface area (Å²) in [6.45, 7) is 7.03. The Hall–Kier alpha value is -0.940. The fraction of sp³-hybridized carbons (Fsp3) is 0.647. The van der Waals surface area contributed by atoms with E-state index in [0.29, 0.717) is 6.61 Å². The number of rotatable bonds is 5. The van der Waals surface area contributed by atoms with Gasteiger partial charge >= 0.3 is 0 Å². The molecule has 4 nitrogen and oxygen atoms in total. The molecular weight excluding hydrogens is 266 g/mol. The van der Waals surface area contributed by atoms with Gasteiger partial charge in [-0.2, -0.15) is 0 Å². The molecule has 2 atom stereocenters. The highest BCUT2D eigenvalue weighted by atomic mass is 16.7. The van der Waals surface area contributed by atoms with Gasteiger partial charge in [-0.1, -0.05) is 43.7 Å². The Morgan fingerprint density at radius 3 is 2.67 bits per heavy atom. The second kappa shape index (κ2) is 5.69. The summed E-state index contributed by atoms with van der Waals surface area (Å²) < 4.78 is 12.0. The minimum Gasteiger partial charge on any atom is -0.387 e. The molecular formula is C17H25NO3. The first-order valence-corrected chi connectivity index (χ1v) is 7.85. The fourth-order valence-corrected chi connectivity index (χ4v) is 3.45. The van der Waals surface area contributed by atoms with Crippen molar-refractivity contribution in [3.63, 3.8) is 0 Å². The second-order valence-electron chi connectivity index (χ2n) is 6.51. The van der Waals surface area contributed by atoms with Gasteiger partial charge in [-0.05, 0) is 13.3 Å². The van der Waals surface area contributed by atoms with Gasteiger partial charge in [-0.3, -0.25) is 4.90 Å². The molecule has 2 unspecified atom stereocenters. The maximum Gasteiger partial charge on any atom is 0.192 e. The minimum absolute atomic E-state index is 0.0707. The molecule has 0 amide bonds. The lowest BCUT2D eigenvalue weighted by Crippen LogP contribution is -2.63. The molecule has 2 fully saturated rings. The zero-order valence-electron chi connectivity index (χ0n) is 12.9. The van der Waals surface area contributed by atoms with Crippen molar-refractivity contribution in [3.05, 3.63) is 35.9 Å². The Morgan fingerprint density at radius 1 is 1.29 bits per heavy atom. The van der Waals surface area contributed by atoms with Crippen LogP contribution in [0, 0.1) is 0 Å². The van der Waals surface area contributed by atoms with E-state index in [4.69, 9.17) is 9.47 Å². The lowest BCUT2D eigenvalue weighted by molar-refractivity contribution is -0.170. The SMILES string of the molecule is CCCC1(O)CN(CC2COC(C)(c3ccccc3)O2)C1. The number of β-amino-alcohol motifs (C(OH)–C–C–N with tert-alkyl or cyclic N) is 1. The van der Waals surface area contributed by atoms with Crippen molar-refractivity contribution in [1.82, 2.24) is 4.90 Å². The maximum atomic E-state index is 10.2. The molecule has 116 valence electrons. The highest BCUT2D eigenvalue weighted by Gasteiger charge is 2.44. The summed E-state index contributed by atoms with van der Waals surface area (Å²) in [6.07, 6.45) is 1.98. The zero-order chi connectivity index (χ0) is 14.9. The number of ether oxygens (including phenoxy) is 2. The molecule has 0 radical (unpaired) electrons. The highest BCUT2D eigenvalue weighted by Crippen LogP contribution is 2.35. The molecule has 3 rings (SSSR count). The molecule has 4 heteroatoms. The predicted octanol–water partition coefficient (Wildman–Crippen LogP) is 2.12. The molecule has 0 aliphatic carbocycles. The third-order valence-electron chi connectivity index (χ3n) is 4.45. The topological polar surface area (TPSA) is 41.9 Å². The fourth-order valence-electron chi connectivity index (χ4n) is 3.45. The third kappa shape index (κ3) is 3.14. The standard InChI is InChI=1S/C17H25NO3/c1-3-9-17(19)12-18(13-17)10-15-11-20-16(2,21-15)14-7-5-4-6-8-14/h4-8,15,19H,3,9-13H2,1-2H3. The van der Waals surface area contributed by atoms with Crippen LogP contribution in [-0.4, -0.2) is 48.0 Å². The molecule has 1 aromatic rings. The summed E-state index contributed by atoms with van der Waals surface area (Å²) in [5.74, 6) is -0.642. The molecule has 1 aromatic carbocycles. The zero-order valence-corrected chi connectivity index (χ0v) is 12.9. The number of hydrogen-bond acceptors (Lipinski definition) is 4.